The predicted octanol–water partition coefficient (Wildman–Crippen LogP) is 1.05. The lowest BCUT2D eigenvalue weighted by molar-refractivity contribution is 0.00164. The number of carbonyl (C=O) groups is 1. The minimum atomic E-state index is -0.367. The molecule has 1 aromatic rings. The molecule has 0 saturated carbocycles. The summed E-state index contributed by atoms with van der Waals surface area (Å²) in [6.45, 7) is 1.66. The molecule has 72 valence electrons. The van der Waals surface area contributed by atoms with Crippen molar-refractivity contribution in [2.45, 2.75) is 12.0 Å². The van der Waals surface area contributed by atoms with E-state index in [0.717, 1.165) is 30.6 Å². The predicted molar refractivity (Wildman–Crippen MR) is 51.0 cm³/mol. The Bertz CT molecular complexity index is 394. The molecule has 1 saturated heterocycles. The van der Waals surface area contributed by atoms with Gasteiger partial charge in [-0.15, -0.1) is 0 Å². The zero-order valence-corrected chi connectivity index (χ0v) is 7.75. The average Bonchev–Trinajstić information content (AvgIpc) is 2.77. The van der Waals surface area contributed by atoms with Crippen molar-refractivity contribution in [1.82, 2.24) is 5.32 Å². The van der Waals surface area contributed by atoms with Crippen LogP contribution in [0.4, 0.5) is 0 Å². The van der Waals surface area contributed by atoms with E-state index < -0.39 is 0 Å². The first-order valence-electron chi connectivity index (χ1n) is 4.85. The van der Waals surface area contributed by atoms with E-state index in [1.165, 1.54) is 0 Å². The van der Waals surface area contributed by atoms with Crippen molar-refractivity contribution in [2.24, 2.45) is 0 Å². The van der Waals surface area contributed by atoms with Crippen molar-refractivity contribution in [3.63, 3.8) is 0 Å². The maximum absolute atomic E-state index is 11.6. The largest absolute Gasteiger partial charge is 0.449 e. The van der Waals surface area contributed by atoms with Crippen molar-refractivity contribution < 1.29 is 9.53 Å². The Morgan fingerprint density at radius 3 is 3.00 bits per heavy atom. The van der Waals surface area contributed by atoms with Crippen LogP contribution < -0.4 is 5.32 Å². The van der Waals surface area contributed by atoms with Gasteiger partial charge in [-0.1, -0.05) is 18.2 Å². The lowest BCUT2D eigenvalue weighted by Crippen LogP contribution is -2.28. The number of ether oxygens (including phenoxy) is 1. The molecule has 14 heavy (non-hydrogen) atoms. The van der Waals surface area contributed by atoms with E-state index in [1.807, 2.05) is 24.3 Å². The Labute approximate surface area is 82.1 Å². The van der Waals surface area contributed by atoms with Crippen LogP contribution in [-0.4, -0.2) is 19.1 Å². The van der Waals surface area contributed by atoms with Crippen LogP contribution in [0.5, 0.6) is 0 Å². The summed E-state index contributed by atoms with van der Waals surface area (Å²) in [6.07, 6.45) is 0.885. The topological polar surface area (TPSA) is 38.3 Å². The molecule has 0 amide bonds. The van der Waals surface area contributed by atoms with Gasteiger partial charge >= 0.3 is 5.97 Å². The molecule has 2 aliphatic heterocycles. The summed E-state index contributed by atoms with van der Waals surface area (Å²) in [4.78, 5) is 11.6. The second-order valence-corrected chi connectivity index (χ2v) is 3.86. The molecule has 0 bridgehead atoms. The number of fused-ring (bicyclic) bond motifs is 2. The Morgan fingerprint density at radius 1 is 1.36 bits per heavy atom. The second-order valence-electron chi connectivity index (χ2n) is 3.86. The van der Waals surface area contributed by atoms with Gasteiger partial charge in [0.05, 0.1) is 5.56 Å². The van der Waals surface area contributed by atoms with E-state index in [-0.39, 0.29) is 11.6 Å². The van der Waals surface area contributed by atoms with E-state index in [1.54, 1.807) is 0 Å². The van der Waals surface area contributed by atoms with E-state index in [4.69, 9.17) is 4.74 Å². The molecule has 3 nitrogen and oxygen atoms in total. The second kappa shape index (κ2) is 2.58. The molecule has 1 aromatic carbocycles. The normalized spacial score (nSPS) is 29.3. The summed E-state index contributed by atoms with van der Waals surface area (Å²) in [6, 6.07) is 7.67. The van der Waals surface area contributed by atoms with E-state index in [9.17, 15) is 4.79 Å². The van der Waals surface area contributed by atoms with Crippen LogP contribution in [0.25, 0.3) is 0 Å². The van der Waals surface area contributed by atoms with E-state index in [2.05, 4.69) is 5.32 Å². The monoisotopic (exact) mass is 189 g/mol. The Balaban J connectivity index is 2.18. The van der Waals surface area contributed by atoms with Crippen molar-refractivity contribution in [2.75, 3.05) is 13.1 Å². The van der Waals surface area contributed by atoms with Gasteiger partial charge < -0.3 is 10.1 Å². The third kappa shape index (κ3) is 0.876. The minimum Gasteiger partial charge on any atom is -0.449 e. The quantitative estimate of drug-likeness (QED) is 0.620. The summed E-state index contributed by atoms with van der Waals surface area (Å²) in [7, 11) is 0. The maximum Gasteiger partial charge on any atom is 0.339 e. The Hall–Kier alpha value is -1.35. The molecule has 1 spiro atoms. The number of carbonyl (C=O) groups excluding carboxylic acids is 1. The Kier molecular flexibility index (Phi) is 1.47. The zero-order valence-electron chi connectivity index (χ0n) is 7.75. The molecule has 0 radical (unpaired) electrons. The molecule has 3 heteroatoms. The molecule has 2 aliphatic rings. The fraction of sp³-hybridized carbons (Fsp3) is 0.364. The Morgan fingerprint density at radius 2 is 2.21 bits per heavy atom. The first-order chi connectivity index (χ1) is 6.82. The van der Waals surface area contributed by atoms with Crippen LogP contribution in [0.2, 0.25) is 0 Å². The van der Waals surface area contributed by atoms with Gasteiger partial charge in [-0.3, -0.25) is 0 Å². The smallest absolute Gasteiger partial charge is 0.339 e. The van der Waals surface area contributed by atoms with Crippen LogP contribution in [0, 0.1) is 0 Å². The van der Waals surface area contributed by atoms with Crippen LogP contribution in [0.15, 0.2) is 24.3 Å². The highest BCUT2D eigenvalue weighted by atomic mass is 16.6. The molecule has 0 unspecified atom stereocenters. The van der Waals surface area contributed by atoms with Crippen molar-refractivity contribution in [3.05, 3.63) is 35.4 Å². The molecule has 3 rings (SSSR count). The van der Waals surface area contributed by atoms with Crippen LogP contribution >= 0.6 is 0 Å². The first kappa shape index (κ1) is 8.00. The number of hydrogen-bond donors (Lipinski definition) is 1. The number of nitrogens with one attached hydrogen (secondary N) is 1. The number of rotatable bonds is 0. The van der Waals surface area contributed by atoms with E-state index in [0.29, 0.717) is 0 Å². The third-order valence-corrected chi connectivity index (χ3v) is 3.04. The number of hydrogen-bond acceptors (Lipinski definition) is 3. The van der Waals surface area contributed by atoms with Crippen LogP contribution in [-0.2, 0) is 10.3 Å². The highest BCUT2D eigenvalue weighted by molar-refractivity contribution is 5.94. The fourth-order valence-corrected chi connectivity index (χ4v) is 2.33. The minimum absolute atomic E-state index is 0.177. The van der Waals surface area contributed by atoms with Crippen LogP contribution in [0.1, 0.15) is 22.3 Å². The van der Waals surface area contributed by atoms with Gasteiger partial charge in [-0.05, 0) is 12.6 Å². The standard InChI is InChI=1S/C11H11NO2/c13-10-8-3-1-2-4-9(8)11(14-10)5-6-12-7-11/h1-4,12H,5-7H2/t11-/m1/s1. The van der Waals surface area contributed by atoms with Crippen LogP contribution in [0.3, 0.4) is 0 Å². The van der Waals surface area contributed by atoms with Gasteiger partial charge in [0.2, 0.25) is 0 Å². The number of esters is 1. The summed E-state index contributed by atoms with van der Waals surface area (Å²) >= 11 is 0. The molecular formula is C11H11NO2. The molecule has 0 aliphatic carbocycles. The average molecular weight is 189 g/mol. The molecular weight excluding hydrogens is 178 g/mol. The molecule has 1 fully saturated rings. The lowest BCUT2D eigenvalue weighted by Gasteiger charge is -2.21. The first-order valence-corrected chi connectivity index (χ1v) is 4.85. The highest BCUT2D eigenvalue weighted by Crippen LogP contribution is 2.40. The SMILES string of the molecule is O=C1O[C@@]2(CCNC2)c2ccccc21. The summed E-state index contributed by atoms with van der Waals surface area (Å²) < 4.78 is 5.48. The van der Waals surface area contributed by atoms with Gasteiger partial charge in [-0.2, -0.15) is 0 Å². The summed E-state index contributed by atoms with van der Waals surface area (Å²) in [5, 5.41) is 3.24. The van der Waals surface area contributed by atoms with Gasteiger partial charge in [0.25, 0.3) is 0 Å². The van der Waals surface area contributed by atoms with Gasteiger partial charge in [0.1, 0.15) is 0 Å². The highest BCUT2D eigenvalue weighted by Gasteiger charge is 2.47. The summed E-state index contributed by atoms with van der Waals surface area (Å²) in [5.41, 5.74) is 1.42. The number of benzene rings is 1. The van der Waals surface area contributed by atoms with Crippen molar-refractivity contribution in [3.8, 4) is 0 Å². The fourth-order valence-electron chi connectivity index (χ4n) is 2.33. The molecule has 1 atom stereocenters. The van der Waals surface area contributed by atoms with Gasteiger partial charge in [-0.25, -0.2) is 4.79 Å². The zero-order chi connectivity index (χ0) is 9.60. The summed E-state index contributed by atoms with van der Waals surface area (Å²) in [5.74, 6) is -0.177. The van der Waals surface area contributed by atoms with Crippen molar-refractivity contribution in [1.29, 1.82) is 0 Å². The molecule has 2 heterocycles. The third-order valence-electron chi connectivity index (χ3n) is 3.04. The molecule has 1 N–H and O–H groups in total. The van der Waals surface area contributed by atoms with Gasteiger partial charge in [0.15, 0.2) is 5.60 Å². The van der Waals surface area contributed by atoms with Crippen molar-refractivity contribution >= 4 is 5.97 Å². The molecule has 0 aromatic heterocycles. The van der Waals surface area contributed by atoms with E-state index >= 15 is 0 Å². The lowest BCUT2D eigenvalue weighted by atomic mass is 9.92. The van der Waals surface area contributed by atoms with Gasteiger partial charge in [0, 0.05) is 18.5 Å². The maximum atomic E-state index is 11.6.